The second-order valence-corrected chi connectivity index (χ2v) is 8.77. The average Bonchev–Trinajstić information content (AvgIpc) is 2.82. The molecule has 0 bridgehead atoms. The maximum absolute atomic E-state index is 5.46. The van der Waals surface area contributed by atoms with Gasteiger partial charge in [-0.25, -0.2) is 0 Å². The van der Waals surface area contributed by atoms with Crippen LogP contribution in [0, 0.1) is 0 Å². The van der Waals surface area contributed by atoms with E-state index < -0.39 is 0 Å². The molecule has 0 aliphatic rings. The number of allylic oxidation sites excluding steroid dienone is 4. The summed E-state index contributed by atoms with van der Waals surface area (Å²) >= 11 is 4.21. The van der Waals surface area contributed by atoms with Crippen molar-refractivity contribution in [2.45, 2.75) is 11.4 Å². The molecule has 0 spiro atoms. The third-order valence-electron chi connectivity index (χ3n) is 4.55. The van der Waals surface area contributed by atoms with Gasteiger partial charge in [-0.3, -0.25) is 0 Å². The highest BCUT2D eigenvalue weighted by molar-refractivity contribution is 14.1. The molecule has 1 aromatic heterocycles. The maximum Gasteiger partial charge on any atom is 0.239 e. The number of benzene rings is 1. The van der Waals surface area contributed by atoms with Gasteiger partial charge in [-0.2, -0.15) is 4.57 Å². The van der Waals surface area contributed by atoms with Crippen molar-refractivity contribution < 1.29 is 18.8 Å². The number of pyridine rings is 1. The lowest BCUT2D eigenvalue weighted by atomic mass is 10.1. The van der Waals surface area contributed by atoms with Crippen molar-refractivity contribution in [3.8, 4) is 17.2 Å². The van der Waals surface area contributed by atoms with Crippen molar-refractivity contribution in [1.29, 1.82) is 0 Å². The quantitative estimate of drug-likeness (QED) is 0.0901. The molecule has 0 saturated heterocycles. The minimum Gasteiger partial charge on any atom is -0.493 e. The van der Waals surface area contributed by atoms with Gasteiger partial charge in [-0.15, -0.1) is 0 Å². The third kappa shape index (κ3) is 8.43. The van der Waals surface area contributed by atoms with E-state index in [9.17, 15) is 0 Å². The summed E-state index contributed by atoms with van der Waals surface area (Å²) in [6, 6.07) is 10.2. The Bertz CT molecular complexity index is 920. The number of nitrogens with one attached hydrogen (secondary N) is 1. The molecule has 0 atom stereocenters. The zero-order valence-electron chi connectivity index (χ0n) is 19.1. The van der Waals surface area contributed by atoms with E-state index in [1.807, 2.05) is 36.0 Å². The van der Waals surface area contributed by atoms with E-state index in [4.69, 9.17) is 14.2 Å². The number of nitrogens with zero attached hydrogens (tertiary/aromatic N) is 1. The van der Waals surface area contributed by atoms with Gasteiger partial charge in [-0.1, -0.05) is 52.6 Å². The summed E-state index contributed by atoms with van der Waals surface area (Å²) < 4.78 is 19.4. The molecule has 0 unspecified atom stereocenters. The first kappa shape index (κ1) is 26.1. The second-order valence-electron chi connectivity index (χ2n) is 6.78. The minimum absolute atomic E-state index is 0.593. The molecule has 2 aromatic rings. The molecular formula is C25H32IN2O3S+. The molecule has 0 radical (unpaired) electrons. The predicted octanol–water partition coefficient (Wildman–Crippen LogP) is 5.20. The summed E-state index contributed by atoms with van der Waals surface area (Å²) in [4.78, 5) is 0. The smallest absolute Gasteiger partial charge is 0.239 e. The summed E-state index contributed by atoms with van der Waals surface area (Å²) in [6.07, 6.45) is 13.5. The lowest BCUT2D eigenvalue weighted by Crippen LogP contribution is -2.29. The topological polar surface area (TPSA) is 43.6 Å². The molecule has 2 rings (SSSR count). The summed E-state index contributed by atoms with van der Waals surface area (Å²) in [7, 11) is 6.94. The number of aryl methyl sites for hydroxylation is 1. The van der Waals surface area contributed by atoms with E-state index in [1.54, 1.807) is 21.3 Å². The Morgan fingerprint density at radius 2 is 1.88 bits per heavy atom. The number of thioether (sulfide) groups is 1. The van der Waals surface area contributed by atoms with Crippen molar-refractivity contribution in [2.75, 3.05) is 38.1 Å². The minimum atomic E-state index is 0.593. The van der Waals surface area contributed by atoms with Crippen LogP contribution in [0.4, 0.5) is 0 Å². The van der Waals surface area contributed by atoms with E-state index in [0.29, 0.717) is 17.2 Å². The summed E-state index contributed by atoms with van der Waals surface area (Å²) in [6.45, 7) is 0.896. The van der Waals surface area contributed by atoms with Crippen molar-refractivity contribution in [2.24, 2.45) is 7.05 Å². The zero-order valence-corrected chi connectivity index (χ0v) is 22.1. The van der Waals surface area contributed by atoms with E-state index in [0.717, 1.165) is 34.4 Å². The first-order valence-corrected chi connectivity index (χ1v) is 12.9. The fraction of sp³-hybridized carbons (Fsp3) is 0.320. The van der Waals surface area contributed by atoms with Crippen molar-refractivity contribution in [3.05, 3.63) is 72.1 Å². The Morgan fingerprint density at radius 3 is 2.50 bits per heavy atom. The SMILES string of the molecule is COc1cc(/C=C/C(=C/C=C\CI)NCCCSc2cccc[n+]2C)cc(OC)c1OC. The number of rotatable bonds is 13. The fourth-order valence-corrected chi connectivity index (χ4v) is 4.15. The molecule has 5 nitrogen and oxygen atoms in total. The van der Waals surface area contributed by atoms with Crippen LogP contribution in [0.5, 0.6) is 17.2 Å². The summed E-state index contributed by atoms with van der Waals surface area (Å²) in [5.74, 6) is 2.93. The van der Waals surface area contributed by atoms with Crippen LogP contribution in [0.15, 0.2) is 71.6 Å². The van der Waals surface area contributed by atoms with Gasteiger partial charge in [-0.05, 0) is 42.3 Å². The molecule has 32 heavy (non-hydrogen) atoms. The van der Waals surface area contributed by atoms with Crippen molar-refractivity contribution in [1.82, 2.24) is 5.32 Å². The second kappa shape index (κ2) is 14.8. The van der Waals surface area contributed by atoms with Gasteiger partial charge in [0.15, 0.2) is 17.7 Å². The Morgan fingerprint density at radius 1 is 1.12 bits per heavy atom. The molecule has 1 N–H and O–H groups in total. The van der Waals surface area contributed by atoms with E-state index in [1.165, 1.54) is 5.03 Å². The van der Waals surface area contributed by atoms with Gasteiger partial charge >= 0.3 is 0 Å². The Hall–Kier alpha value is -2.13. The normalized spacial score (nSPS) is 11.8. The standard InChI is InChI=1S/C25H32IN2O3S/c1-28-16-8-6-11-24(28)32-17-9-15-27-21(10-5-7-14-26)13-12-20-18-22(29-2)25(31-4)23(19-20)30-3/h5-8,10-13,16,18-19,27H,9,14-15,17H2,1-4H3/q+1/b7-5-,13-12+,21-10-. The van der Waals surface area contributed by atoms with Gasteiger partial charge < -0.3 is 19.5 Å². The molecule has 1 heterocycles. The largest absolute Gasteiger partial charge is 0.493 e. The first-order chi connectivity index (χ1) is 15.6. The van der Waals surface area contributed by atoms with Gasteiger partial charge in [0.25, 0.3) is 0 Å². The lowest BCUT2D eigenvalue weighted by Gasteiger charge is -2.13. The van der Waals surface area contributed by atoms with E-state index in [-0.39, 0.29) is 0 Å². The zero-order chi connectivity index (χ0) is 23.2. The number of halogens is 1. The molecule has 0 aliphatic carbocycles. The third-order valence-corrected chi connectivity index (χ3v) is 6.27. The number of aromatic nitrogens is 1. The van der Waals surface area contributed by atoms with Crippen LogP contribution >= 0.6 is 34.4 Å². The fourth-order valence-electron chi connectivity index (χ4n) is 2.92. The molecule has 0 saturated carbocycles. The van der Waals surface area contributed by atoms with Crippen LogP contribution in [0.3, 0.4) is 0 Å². The summed E-state index contributed by atoms with van der Waals surface area (Å²) in [5.41, 5.74) is 2.02. The van der Waals surface area contributed by atoms with Crippen LogP contribution in [0.25, 0.3) is 6.08 Å². The van der Waals surface area contributed by atoms with Crippen LogP contribution in [-0.4, -0.2) is 38.1 Å². The number of methoxy groups -OCH3 is 3. The van der Waals surface area contributed by atoms with Crippen molar-refractivity contribution >= 4 is 40.4 Å². The Labute approximate surface area is 209 Å². The van der Waals surface area contributed by atoms with Crippen LogP contribution in [-0.2, 0) is 7.05 Å². The van der Waals surface area contributed by atoms with Crippen LogP contribution in [0.1, 0.15) is 12.0 Å². The highest BCUT2D eigenvalue weighted by Crippen LogP contribution is 2.38. The monoisotopic (exact) mass is 567 g/mol. The molecular weight excluding hydrogens is 535 g/mol. The Kier molecular flexibility index (Phi) is 12.1. The number of hydrogen-bond donors (Lipinski definition) is 1. The predicted molar refractivity (Wildman–Crippen MR) is 142 cm³/mol. The summed E-state index contributed by atoms with van der Waals surface area (Å²) in [5, 5.41) is 4.82. The van der Waals surface area contributed by atoms with Gasteiger partial charge in [0, 0.05) is 34.6 Å². The Balaban J connectivity index is 2.02. The van der Waals surface area contributed by atoms with E-state index >= 15 is 0 Å². The van der Waals surface area contributed by atoms with Gasteiger partial charge in [0.2, 0.25) is 10.8 Å². The average molecular weight is 568 g/mol. The van der Waals surface area contributed by atoms with Gasteiger partial charge in [0.1, 0.15) is 7.05 Å². The number of alkyl halides is 1. The van der Waals surface area contributed by atoms with Gasteiger partial charge in [0.05, 0.1) is 21.3 Å². The lowest BCUT2D eigenvalue weighted by molar-refractivity contribution is -0.708. The molecule has 0 aliphatic heterocycles. The van der Waals surface area contributed by atoms with E-state index in [2.05, 4.69) is 82.2 Å². The first-order valence-electron chi connectivity index (χ1n) is 10.3. The highest BCUT2D eigenvalue weighted by atomic mass is 127. The van der Waals surface area contributed by atoms with Crippen LogP contribution < -0.4 is 24.1 Å². The van der Waals surface area contributed by atoms with Crippen LogP contribution in [0.2, 0.25) is 0 Å². The molecule has 7 heteroatoms. The molecule has 1 aromatic carbocycles. The highest BCUT2D eigenvalue weighted by Gasteiger charge is 2.12. The molecule has 172 valence electrons. The number of ether oxygens (including phenoxy) is 3. The molecule has 0 fully saturated rings. The molecule has 0 amide bonds. The van der Waals surface area contributed by atoms with Crippen molar-refractivity contribution in [3.63, 3.8) is 0 Å². The number of hydrogen-bond acceptors (Lipinski definition) is 5. The maximum atomic E-state index is 5.46.